The van der Waals surface area contributed by atoms with Crippen LogP contribution in [0.2, 0.25) is 0 Å². The summed E-state index contributed by atoms with van der Waals surface area (Å²) in [5.41, 5.74) is 0.801. The molecule has 0 saturated carbocycles. The number of non-ortho nitro benzene ring substituents is 1. The highest BCUT2D eigenvalue weighted by atomic mass is 16.6. The van der Waals surface area contributed by atoms with Gasteiger partial charge in [0.05, 0.1) is 16.4 Å². The molecular formula is C19H18N4O4. The van der Waals surface area contributed by atoms with Gasteiger partial charge in [0, 0.05) is 31.9 Å². The van der Waals surface area contributed by atoms with Crippen molar-refractivity contribution in [3.8, 4) is 5.75 Å². The average molecular weight is 366 g/mol. The Kier molecular flexibility index (Phi) is 4.89. The largest absolute Gasteiger partial charge is 0.505 e. The van der Waals surface area contributed by atoms with Crippen LogP contribution in [0, 0.1) is 10.1 Å². The summed E-state index contributed by atoms with van der Waals surface area (Å²) in [6, 6.07) is 12.1. The highest BCUT2D eigenvalue weighted by Crippen LogP contribution is 2.39. The van der Waals surface area contributed by atoms with Crippen molar-refractivity contribution in [1.29, 1.82) is 0 Å². The van der Waals surface area contributed by atoms with E-state index >= 15 is 0 Å². The predicted molar refractivity (Wildman–Crippen MR) is 101 cm³/mol. The van der Waals surface area contributed by atoms with Gasteiger partial charge in [-0.1, -0.05) is 30.3 Å². The first kappa shape index (κ1) is 18.1. The van der Waals surface area contributed by atoms with E-state index in [0.717, 1.165) is 0 Å². The summed E-state index contributed by atoms with van der Waals surface area (Å²) in [4.78, 5) is 28.8. The number of urea groups is 1. The number of phenols is 1. The molecule has 8 nitrogen and oxygen atoms in total. The molecule has 2 N–H and O–H groups in total. The number of aromatic hydroxyl groups is 1. The molecule has 1 aromatic heterocycles. The molecule has 0 unspecified atom stereocenters. The van der Waals surface area contributed by atoms with Crippen LogP contribution in [0.5, 0.6) is 5.75 Å². The lowest BCUT2D eigenvalue weighted by Gasteiger charge is -2.23. The molecule has 0 aliphatic rings. The van der Waals surface area contributed by atoms with Crippen molar-refractivity contribution >= 4 is 22.6 Å². The summed E-state index contributed by atoms with van der Waals surface area (Å²) in [7, 11) is 3.17. The zero-order valence-electron chi connectivity index (χ0n) is 14.8. The van der Waals surface area contributed by atoms with Crippen molar-refractivity contribution in [2.75, 3.05) is 14.1 Å². The summed E-state index contributed by atoms with van der Waals surface area (Å²) >= 11 is 0. The van der Waals surface area contributed by atoms with E-state index in [2.05, 4.69) is 10.3 Å². The Hall–Kier alpha value is -3.68. The normalized spacial score (nSPS) is 11.8. The van der Waals surface area contributed by atoms with Gasteiger partial charge in [0.2, 0.25) is 0 Å². The molecule has 27 heavy (non-hydrogen) atoms. The lowest BCUT2D eigenvalue weighted by atomic mass is 9.95. The Morgan fingerprint density at radius 3 is 2.56 bits per heavy atom. The van der Waals surface area contributed by atoms with Crippen LogP contribution in [0.3, 0.4) is 0 Å². The number of nitrogens with zero attached hydrogens (tertiary/aromatic N) is 3. The van der Waals surface area contributed by atoms with Crippen LogP contribution < -0.4 is 5.32 Å². The number of nitrogens with one attached hydrogen (secondary N) is 1. The van der Waals surface area contributed by atoms with Gasteiger partial charge in [-0.25, -0.2) is 4.79 Å². The number of nitro groups is 1. The molecule has 1 atom stereocenters. The predicted octanol–water partition coefficient (Wildman–Crippen LogP) is 3.21. The second-order valence-corrected chi connectivity index (χ2v) is 6.18. The minimum atomic E-state index is -0.786. The van der Waals surface area contributed by atoms with Gasteiger partial charge in [0.1, 0.15) is 11.3 Å². The fourth-order valence-electron chi connectivity index (χ4n) is 2.84. The first-order chi connectivity index (χ1) is 12.9. The third kappa shape index (κ3) is 3.50. The van der Waals surface area contributed by atoms with E-state index < -0.39 is 17.0 Å². The van der Waals surface area contributed by atoms with Crippen molar-refractivity contribution in [2.24, 2.45) is 0 Å². The number of carbonyl (C=O) groups is 1. The van der Waals surface area contributed by atoms with Gasteiger partial charge >= 0.3 is 6.03 Å². The molecule has 2 amide bonds. The zero-order chi connectivity index (χ0) is 19.6. The maximum Gasteiger partial charge on any atom is 0.317 e. The average Bonchev–Trinajstić information content (AvgIpc) is 2.67. The van der Waals surface area contributed by atoms with E-state index in [1.54, 1.807) is 44.4 Å². The van der Waals surface area contributed by atoms with Crippen LogP contribution in [0.1, 0.15) is 17.2 Å². The zero-order valence-corrected chi connectivity index (χ0v) is 14.8. The van der Waals surface area contributed by atoms with Gasteiger partial charge in [0.25, 0.3) is 5.69 Å². The Morgan fingerprint density at radius 2 is 1.93 bits per heavy atom. The molecule has 2 aromatic carbocycles. The summed E-state index contributed by atoms with van der Waals surface area (Å²) in [6.07, 6.45) is 1.45. The van der Waals surface area contributed by atoms with Gasteiger partial charge in [0.15, 0.2) is 0 Å². The maximum absolute atomic E-state index is 12.3. The topological polar surface area (TPSA) is 109 Å². The second kappa shape index (κ2) is 7.28. The molecule has 3 rings (SSSR count). The van der Waals surface area contributed by atoms with E-state index in [9.17, 15) is 20.0 Å². The molecule has 0 bridgehead atoms. The maximum atomic E-state index is 12.3. The quantitative estimate of drug-likeness (QED) is 0.544. The molecule has 0 saturated heterocycles. The van der Waals surface area contributed by atoms with Gasteiger partial charge < -0.3 is 15.3 Å². The first-order valence-electron chi connectivity index (χ1n) is 8.18. The summed E-state index contributed by atoms with van der Waals surface area (Å²) < 4.78 is 0. The number of nitro benzene ring substituents is 1. The minimum Gasteiger partial charge on any atom is -0.505 e. The molecule has 0 aliphatic heterocycles. The van der Waals surface area contributed by atoms with Crippen LogP contribution in [-0.2, 0) is 0 Å². The monoisotopic (exact) mass is 366 g/mol. The highest BCUT2D eigenvalue weighted by molar-refractivity contribution is 5.93. The minimum absolute atomic E-state index is 0.113. The molecule has 1 heterocycles. The Morgan fingerprint density at radius 1 is 1.22 bits per heavy atom. The van der Waals surface area contributed by atoms with Crippen molar-refractivity contribution in [3.63, 3.8) is 0 Å². The lowest BCUT2D eigenvalue weighted by Crippen LogP contribution is -2.37. The van der Waals surface area contributed by atoms with Crippen LogP contribution >= 0.6 is 0 Å². The Labute approximate surface area is 155 Å². The Bertz CT molecular complexity index is 1010. The van der Waals surface area contributed by atoms with Gasteiger partial charge in [-0.3, -0.25) is 15.1 Å². The molecule has 8 heteroatoms. The second-order valence-electron chi connectivity index (χ2n) is 6.18. The number of phenolic OH excluding ortho intramolecular Hbond substituents is 1. The number of pyridine rings is 1. The van der Waals surface area contributed by atoms with E-state index in [4.69, 9.17) is 0 Å². The lowest BCUT2D eigenvalue weighted by molar-refractivity contribution is -0.383. The van der Waals surface area contributed by atoms with Crippen molar-refractivity contribution in [3.05, 3.63) is 76.0 Å². The molecule has 0 spiro atoms. The van der Waals surface area contributed by atoms with E-state index in [-0.39, 0.29) is 27.9 Å². The third-order valence-corrected chi connectivity index (χ3v) is 4.19. The van der Waals surface area contributed by atoms with E-state index in [0.29, 0.717) is 5.56 Å². The molecule has 138 valence electrons. The SMILES string of the molecule is CN(C)C(=O)N[C@H](c1ccccc1)c1cc([N+](=O)[O-])c2cccnc2c1O. The number of rotatable bonds is 4. The highest BCUT2D eigenvalue weighted by Gasteiger charge is 2.27. The van der Waals surface area contributed by atoms with Crippen LogP contribution in [0.4, 0.5) is 10.5 Å². The third-order valence-electron chi connectivity index (χ3n) is 4.19. The number of amides is 2. The van der Waals surface area contributed by atoms with Gasteiger partial charge in [-0.15, -0.1) is 0 Å². The fraction of sp³-hybridized carbons (Fsp3) is 0.158. The van der Waals surface area contributed by atoms with Crippen molar-refractivity contribution in [2.45, 2.75) is 6.04 Å². The molecular weight excluding hydrogens is 348 g/mol. The number of carbonyl (C=O) groups excluding carboxylic acids is 1. The number of hydrogen-bond donors (Lipinski definition) is 2. The number of aromatic nitrogens is 1. The Balaban J connectivity index is 2.25. The number of fused-ring (bicyclic) bond motifs is 1. The smallest absolute Gasteiger partial charge is 0.317 e. The van der Waals surface area contributed by atoms with E-state index in [1.807, 2.05) is 6.07 Å². The van der Waals surface area contributed by atoms with Gasteiger partial charge in [-0.05, 0) is 17.7 Å². The summed E-state index contributed by atoms with van der Waals surface area (Å²) in [5, 5.41) is 25.4. The van der Waals surface area contributed by atoms with E-state index in [1.165, 1.54) is 23.2 Å². The number of benzene rings is 2. The van der Waals surface area contributed by atoms with Gasteiger partial charge in [-0.2, -0.15) is 0 Å². The van der Waals surface area contributed by atoms with Crippen LogP contribution in [0.25, 0.3) is 10.9 Å². The summed E-state index contributed by atoms with van der Waals surface area (Å²) in [6.45, 7) is 0. The first-order valence-corrected chi connectivity index (χ1v) is 8.18. The van der Waals surface area contributed by atoms with Crippen molar-refractivity contribution < 1.29 is 14.8 Å². The molecule has 0 aliphatic carbocycles. The van der Waals surface area contributed by atoms with Crippen LogP contribution in [-0.4, -0.2) is 40.0 Å². The molecule has 0 radical (unpaired) electrons. The molecule has 3 aromatic rings. The summed E-state index contributed by atoms with van der Waals surface area (Å²) in [5.74, 6) is -0.205. The number of hydrogen-bond acceptors (Lipinski definition) is 5. The van der Waals surface area contributed by atoms with Crippen LogP contribution in [0.15, 0.2) is 54.7 Å². The van der Waals surface area contributed by atoms with Crippen molar-refractivity contribution in [1.82, 2.24) is 15.2 Å². The molecule has 0 fully saturated rings. The standard InChI is InChI=1S/C19H18N4O4/c1-22(2)19(25)21-16(12-7-4-3-5-8-12)14-11-15(23(26)27)13-9-6-10-20-17(13)18(14)24/h3-11,16,24H,1-2H3,(H,21,25)/t16-/m1/s1. The fourth-order valence-corrected chi connectivity index (χ4v) is 2.84.